The van der Waals surface area contributed by atoms with Crippen molar-refractivity contribution in [1.29, 1.82) is 0 Å². The largest absolute Gasteiger partial charge is 0.418 e. The van der Waals surface area contributed by atoms with Gasteiger partial charge in [-0.2, -0.15) is 13.2 Å². The first-order valence-corrected chi connectivity index (χ1v) is 8.73. The molecule has 0 aromatic heterocycles. The van der Waals surface area contributed by atoms with Crippen LogP contribution >= 0.6 is 0 Å². The van der Waals surface area contributed by atoms with Crippen LogP contribution in [0.4, 0.5) is 18.9 Å². The first kappa shape index (κ1) is 21.2. The molecule has 0 spiro atoms. The average molecular weight is 386 g/mol. The molecule has 150 valence electrons. The Kier molecular flexibility index (Phi) is 6.83. The highest BCUT2D eigenvalue weighted by atomic mass is 19.4. The van der Waals surface area contributed by atoms with Gasteiger partial charge in [-0.1, -0.05) is 12.1 Å². The van der Waals surface area contributed by atoms with Crippen molar-refractivity contribution in [3.63, 3.8) is 0 Å². The molecule has 1 aromatic carbocycles. The maximum absolute atomic E-state index is 13.0. The van der Waals surface area contributed by atoms with E-state index in [4.69, 9.17) is 0 Å². The standard InChI is InChI=1S/C18H25F3N4O2/c1-13(17(27)23(2)3)25-10-8-24(9-11-25)12-16(26)22-15-7-5-4-6-14(15)18(19,20)21/h4-7,13H,8-12H2,1-3H3,(H,22,26)/t13-/m1/s1. The summed E-state index contributed by atoms with van der Waals surface area (Å²) in [6.45, 7) is 4.23. The fraction of sp³-hybridized carbons (Fsp3) is 0.556. The molecule has 9 heteroatoms. The molecule has 1 fully saturated rings. The van der Waals surface area contributed by atoms with Crippen LogP contribution in [-0.2, 0) is 15.8 Å². The van der Waals surface area contributed by atoms with Crippen molar-refractivity contribution in [2.45, 2.75) is 19.1 Å². The number of hydrogen-bond donors (Lipinski definition) is 1. The van der Waals surface area contributed by atoms with Crippen LogP contribution in [0.1, 0.15) is 12.5 Å². The third kappa shape index (κ3) is 5.67. The van der Waals surface area contributed by atoms with Gasteiger partial charge in [-0.05, 0) is 19.1 Å². The monoisotopic (exact) mass is 386 g/mol. The molecular formula is C18H25F3N4O2. The molecule has 6 nitrogen and oxygen atoms in total. The molecule has 0 saturated carbocycles. The maximum atomic E-state index is 13.0. The summed E-state index contributed by atoms with van der Waals surface area (Å²) in [6, 6.07) is 4.68. The van der Waals surface area contributed by atoms with Crippen molar-refractivity contribution in [2.75, 3.05) is 52.1 Å². The summed E-state index contributed by atoms with van der Waals surface area (Å²) in [5, 5.41) is 2.36. The van der Waals surface area contributed by atoms with Gasteiger partial charge in [0, 0.05) is 40.3 Å². The van der Waals surface area contributed by atoms with E-state index < -0.39 is 17.6 Å². The van der Waals surface area contributed by atoms with Crippen LogP contribution in [0.3, 0.4) is 0 Å². The summed E-state index contributed by atoms with van der Waals surface area (Å²) in [5.74, 6) is -0.470. The summed E-state index contributed by atoms with van der Waals surface area (Å²) in [7, 11) is 3.41. The molecule has 2 rings (SSSR count). The van der Waals surface area contributed by atoms with Crippen molar-refractivity contribution in [1.82, 2.24) is 14.7 Å². The lowest BCUT2D eigenvalue weighted by Gasteiger charge is -2.37. The molecule has 1 atom stereocenters. The van der Waals surface area contributed by atoms with Gasteiger partial charge in [0.05, 0.1) is 23.8 Å². The van der Waals surface area contributed by atoms with Crippen LogP contribution in [0.25, 0.3) is 0 Å². The van der Waals surface area contributed by atoms with Gasteiger partial charge in [0.15, 0.2) is 0 Å². The molecule has 1 aliphatic heterocycles. The molecular weight excluding hydrogens is 361 g/mol. The maximum Gasteiger partial charge on any atom is 0.418 e. The lowest BCUT2D eigenvalue weighted by molar-refractivity contribution is -0.137. The van der Waals surface area contributed by atoms with Gasteiger partial charge in [0.1, 0.15) is 0 Å². The van der Waals surface area contributed by atoms with Gasteiger partial charge in [0.25, 0.3) is 0 Å². The van der Waals surface area contributed by atoms with Crippen molar-refractivity contribution in [2.24, 2.45) is 0 Å². The highest BCUT2D eigenvalue weighted by Gasteiger charge is 2.34. The number of para-hydroxylation sites is 1. The number of piperazine rings is 1. The lowest BCUT2D eigenvalue weighted by Crippen LogP contribution is -2.54. The van der Waals surface area contributed by atoms with Gasteiger partial charge in [0.2, 0.25) is 11.8 Å². The Morgan fingerprint density at radius 2 is 1.74 bits per heavy atom. The third-order valence-corrected chi connectivity index (χ3v) is 4.63. The Labute approximate surface area is 156 Å². The third-order valence-electron chi connectivity index (χ3n) is 4.63. The van der Waals surface area contributed by atoms with E-state index in [2.05, 4.69) is 5.32 Å². The zero-order valence-electron chi connectivity index (χ0n) is 15.7. The van der Waals surface area contributed by atoms with E-state index in [1.165, 1.54) is 18.2 Å². The van der Waals surface area contributed by atoms with Gasteiger partial charge in [-0.3, -0.25) is 19.4 Å². The number of carbonyl (C=O) groups is 2. The molecule has 0 aliphatic carbocycles. The van der Waals surface area contributed by atoms with Gasteiger partial charge < -0.3 is 10.2 Å². The van der Waals surface area contributed by atoms with E-state index >= 15 is 0 Å². The second kappa shape index (κ2) is 8.71. The molecule has 0 unspecified atom stereocenters. The van der Waals surface area contributed by atoms with Crippen LogP contribution in [-0.4, -0.2) is 79.4 Å². The molecule has 1 aromatic rings. The predicted octanol–water partition coefficient (Wildman–Crippen LogP) is 1.74. The molecule has 27 heavy (non-hydrogen) atoms. The minimum atomic E-state index is -4.52. The number of nitrogens with one attached hydrogen (secondary N) is 1. The van der Waals surface area contributed by atoms with Gasteiger partial charge in [-0.15, -0.1) is 0 Å². The summed E-state index contributed by atoms with van der Waals surface area (Å²) >= 11 is 0. The number of alkyl halides is 3. The summed E-state index contributed by atoms with van der Waals surface area (Å²) in [6.07, 6.45) is -4.52. The number of amides is 2. The van der Waals surface area contributed by atoms with Crippen molar-refractivity contribution < 1.29 is 22.8 Å². The van der Waals surface area contributed by atoms with Crippen LogP contribution in [0.2, 0.25) is 0 Å². The van der Waals surface area contributed by atoms with E-state index in [0.29, 0.717) is 26.2 Å². The minimum Gasteiger partial charge on any atom is -0.347 e. The Hall–Kier alpha value is -2.13. The van der Waals surface area contributed by atoms with Gasteiger partial charge in [-0.25, -0.2) is 0 Å². The van der Waals surface area contributed by atoms with E-state index in [0.717, 1.165) is 6.07 Å². The fourth-order valence-electron chi connectivity index (χ4n) is 3.07. The first-order valence-electron chi connectivity index (χ1n) is 8.73. The minimum absolute atomic E-state index is 0.00996. The molecule has 1 aliphatic rings. The molecule has 0 bridgehead atoms. The second-order valence-electron chi connectivity index (χ2n) is 6.81. The first-order chi connectivity index (χ1) is 12.6. The Morgan fingerprint density at radius 3 is 2.30 bits per heavy atom. The number of halogens is 3. The van der Waals surface area contributed by atoms with Gasteiger partial charge >= 0.3 is 6.18 Å². The number of likely N-dealkylation sites (N-methyl/N-ethyl adjacent to an activating group) is 1. The van der Waals surface area contributed by atoms with Crippen molar-refractivity contribution in [3.05, 3.63) is 29.8 Å². The zero-order valence-corrected chi connectivity index (χ0v) is 15.7. The number of anilines is 1. The molecule has 1 N–H and O–H groups in total. The molecule has 0 radical (unpaired) electrons. The Bertz CT molecular complexity index is 671. The van der Waals surface area contributed by atoms with Crippen LogP contribution in [0, 0.1) is 0 Å². The topological polar surface area (TPSA) is 55.9 Å². The fourth-order valence-corrected chi connectivity index (χ4v) is 3.07. The Morgan fingerprint density at radius 1 is 1.15 bits per heavy atom. The van der Waals surface area contributed by atoms with Crippen LogP contribution < -0.4 is 5.32 Å². The molecule has 2 amide bonds. The van der Waals surface area contributed by atoms with Crippen LogP contribution in [0.5, 0.6) is 0 Å². The zero-order chi connectivity index (χ0) is 20.2. The molecule has 1 saturated heterocycles. The quantitative estimate of drug-likeness (QED) is 0.838. The number of benzene rings is 1. The van der Waals surface area contributed by atoms with E-state index in [1.54, 1.807) is 19.0 Å². The SMILES string of the molecule is C[C@H](C(=O)N(C)C)N1CCN(CC(=O)Nc2ccccc2C(F)(F)F)CC1. The summed E-state index contributed by atoms with van der Waals surface area (Å²) in [4.78, 5) is 29.7. The lowest BCUT2D eigenvalue weighted by atomic mass is 10.1. The predicted molar refractivity (Wildman–Crippen MR) is 96.2 cm³/mol. The summed E-state index contributed by atoms with van der Waals surface area (Å²) in [5.41, 5.74) is -1.10. The van der Waals surface area contributed by atoms with Crippen molar-refractivity contribution >= 4 is 17.5 Å². The van der Waals surface area contributed by atoms with E-state index in [9.17, 15) is 22.8 Å². The van der Waals surface area contributed by atoms with Crippen molar-refractivity contribution in [3.8, 4) is 0 Å². The van der Waals surface area contributed by atoms with E-state index in [-0.39, 0.29) is 24.2 Å². The normalized spacial score (nSPS) is 17.4. The summed E-state index contributed by atoms with van der Waals surface area (Å²) < 4.78 is 39.0. The number of hydrogen-bond acceptors (Lipinski definition) is 4. The second-order valence-corrected chi connectivity index (χ2v) is 6.81. The average Bonchev–Trinajstić information content (AvgIpc) is 2.60. The molecule has 1 heterocycles. The number of nitrogens with zero attached hydrogens (tertiary/aromatic N) is 3. The Balaban J connectivity index is 1.88. The smallest absolute Gasteiger partial charge is 0.347 e. The number of rotatable bonds is 5. The van der Waals surface area contributed by atoms with E-state index in [1.807, 2.05) is 16.7 Å². The number of carbonyl (C=O) groups excluding carboxylic acids is 2. The van der Waals surface area contributed by atoms with Crippen LogP contribution in [0.15, 0.2) is 24.3 Å². The highest BCUT2D eigenvalue weighted by molar-refractivity contribution is 5.93. The highest BCUT2D eigenvalue weighted by Crippen LogP contribution is 2.34.